The van der Waals surface area contributed by atoms with Crippen LogP contribution in [0.4, 0.5) is 0 Å². The number of benzene rings is 3. The van der Waals surface area contributed by atoms with Gasteiger partial charge in [0.05, 0.1) is 13.2 Å². The second-order valence-corrected chi connectivity index (χ2v) is 6.04. The first-order chi connectivity index (χ1) is 13.3. The van der Waals surface area contributed by atoms with Crippen LogP contribution in [-0.2, 0) is 19.8 Å². The van der Waals surface area contributed by atoms with Crippen LogP contribution in [0.15, 0.2) is 72.8 Å². The molecule has 3 rings (SSSR count). The summed E-state index contributed by atoms with van der Waals surface area (Å²) in [5.41, 5.74) is 2.84. The van der Waals surface area contributed by atoms with Gasteiger partial charge in [0.1, 0.15) is 19.0 Å². The van der Waals surface area contributed by atoms with Gasteiger partial charge in [0.2, 0.25) is 0 Å². The predicted octanol–water partition coefficient (Wildman–Crippen LogP) is 4.74. The quantitative estimate of drug-likeness (QED) is 0.596. The lowest BCUT2D eigenvalue weighted by atomic mass is 10.2. The molecule has 140 valence electrons. The molecule has 4 heteroatoms. The molecule has 0 bridgehead atoms. The van der Waals surface area contributed by atoms with E-state index in [9.17, 15) is 5.11 Å². The Labute approximate surface area is 160 Å². The summed E-state index contributed by atoms with van der Waals surface area (Å²) in [5.74, 6) is 2.09. The van der Waals surface area contributed by atoms with Crippen LogP contribution < -0.4 is 14.2 Å². The van der Waals surface area contributed by atoms with Crippen molar-refractivity contribution in [3.63, 3.8) is 0 Å². The third-order valence-electron chi connectivity index (χ3n) is 4.08. The molecule has 0 aliphatic heterocycles. The fourth-order valence-electron chi connectivity index (χ4n) is 2.70. The monoisotopic (exact) mass is 364 g/mol. The Hall–Kier alpha value is -2.98. The summed E-state index contributed by atoms with van der Waals surface area (Å²) in [6, 6.07) is 23.3. The van der Waals surface area contributed by atoms with Gasteiger partial charge in [-0.3, -0.25) is 0 Å². The van der Waals surface area contributed by atoms with Crippen LogP contribution in [0, 0.1) is 0 Å². The summed E-state index contributed by atoms with van der Waals surface area (Å²) >= 11 is 0. The van der Waals surface area contributed by atoms with Gasteiger partial charge in [0, 0.05) is 5.56 Å². The van der Waals surface area contributed by atoms with E-state index in [0.29, 0.717) is 37.1 Å². The number of rotatable bonds is 9. The van der Waals surface area contributed by atoms with Crippen LogP contribution in [0.5, 0.6) is 17.2 Å². The van der Waals surface area contributed by atoms with Crippen molar-refractivity contribution in [2.24, 2.45) is 0 Å². The van der Waals surface area contributed by atoms with Gasteiger partial charge in [0.25, 0.3) is 0 Å². The molecule has 0 aromatic heterocycles. The van der Waals surface area contributed by atoms with Crippen molar-refractivity contribution in [2.45, 2.75) is 26.7 Å². The minimum Gasteiger partial charge on any atom is -0.490 e. The van der Waals surface area contributed by atoms with Crippen LogP contribution in [0.1, 0.15) is 23.6 Å². The van der Waals surface area contributed by atoms with E-state index in [1.54, 1.807) is 0 Å². The molecule has 1 N–H and O–H groups in total. The normalized spacial score (nSPS) is 10.4. The molecule has 0 aliphatic rings. The third kappa shape index (κ3) is 5.25. The van der Waals surface area contributed by atoms with Crippen LogP contribution in [0.2, 0.25) is 0 Å². The number of para-hydroxylation sites is 1. The van der Waals surface area contributed by atoms with E-state index in [0.717, 1.165) is 16.7 Å². The number of aliphatic hydroxyl groups excluding tert-OH is 1. The first-order valence-electron chi connectivity index (χ1n) is 9.04. The van der Waals surface area contributed by atoms with Crippen LogP contribution in [0.25, 0.3) is 0 Å². The maximum atomic E-state index is 9.40. The van der Waals surface area contributed by atoms with Crippen molar-refractivity contribution >= 4 is 0 Å². The molecule has 0 saturated heterocycles. The summed E-state index contributed by atoms with van der Waals surface area (Å²) in [6.45, 7) is 3.32. The molecule has 0 unspecified atom stereocenters. The molecule has 4 nitrogen and oxygen atoms in total. The van der Waals surface area contributed by atoms with E-state index < -0.39 is 0 Å². The summed E-state index contributed by atoms with van der Waals surface area (Å²) in [6.07, 6.45) is 0. The molecular formula is C23H24O4. The average Bonchev–Trinajstić information content (AvgIpc) is 2.72. The fraction of sp³-hybridized carbons (Fsp3) is 0.217. The van der Waals surface area contributed by atoms with Gasteiger partial charge in [-0.25, -0.2) is 0 Å². The minimum absolute atomic E-state index is 0.0490. The van der Waals surface area contributed by atoms with Crippen molar-refractivity contribution in [1.29, 1.82) is 0 Å². The Kier molecular flexibility index (Phi) is 6.72. The molecular weight excluding hydrogens is 340 g/mol. The van der Waals surface area contributed by atoms with Crippen LogP contribution in [-0.4, -0.2) is 11.7 Å². The van der Waals surface area contributed by atoms with E-state index in [1.165, 1.54) is 0 Å². The largest absolute Gasteiger partial charge is 0.490 e. The summed E-state index contributed by atoms with van der Waals surface area (Å²) in [5, 5.41) is 9.40. The molecule has 0 heterocycles. The maximum Gasteiger partial charge on any atom is 0.161 e. The molecule has 0 saturated carbocycles. The SMILES string of the molecule is CCOc1cc(COc2ccccc2CO)ccc1OCc1ccccc1. The van der Waals surface area contributed by atoms with Gasteiger partial charge < -0.3 is 19.3 Å². The van der Waals surface area contributed by atoms with Crippen molar-refractivity contribution in [1.82, 2.24) is 0 Å². The Balaban J connectivity index is 1.69. The average molecular weight is 364 g/mol. The first-order valence-corrected chi connectivity index (χ1v) is 9.04. The Morgan fingerprint density at radius 3 is 2.15 bits per heavy atom. The van der Waals surface area contributed by atoms with E-state index in [2.05, 4.69) is 0 Å². The Morgan fingerprint density at radius 1 is 0.667 bits per heavy atom. The highest BCUT2D eigenvalue weighted by molar-refractivity contribution is 5.43. The standard InChI is InChI=1S/C23H24O4/c1-2-25-23-14-19(17-26-21-11-7-6-10-20(21)15-24)12-13-22(23)27-16-18-8-4-3-5-9-18/h3-14,24H,2,15-17H2,1H3. The van der Waals surface area contributed by atoms with Crippen molar-refractivity contribution in [2.75, 3.05) is 6.61 Å². The predicted molar refractivity (Wildman–Crippen MR) is 105 cm³/mol. The van der Waals surface area contributed by atoms with Crippen molar-refractivity contribution < 1.29 is 19.3 Å². The maximum absolute atomic E-state index is 9.40. The molecule has 0 radical (unpaired) electrons. The van der Waals surface area contributed by atoms with Crippen molar-refractivity contribution in [3.05, 3.63) is 89.5 Å². The van der Waals surface area contributed by atoms with Gasteiger partial charge in [-0.1, -0.05) is 54.6 Å². The molecule has 0 aliphatic carbocycles. The van der Waals surface area contributed by atoms with Crippen molar-refractivity contribution in [3.8, 4) is 17.2 Å². The van der Waals surface area contributed by atoms with E-state index in [4.69, 9.17) is 14.2 Å². The third-order valence-corrected chi connectivity index (χ3v) is 4.08. The lowest BCUT2D eigenvalue weighted by molar-refractivity contribution is 0.256. The molecule has 27 heavy (non-hydrogen) atoms. The molecule has 0 spiro atoms. The fourth-order valence-corrected chi connectivity index (χ4v) is 2.70. The highest BCUT2D eigenvalue weighted by atomic mass is 16.5. The number of hydrogen-bond acceptors (Lipinski definition) is 4. The zero-order valence-electron chi connectivity index (χ0n) is 15.4. The summed E-state index contributed by atoms with van der Waals surface area (Å²) in [7, 11) is 0. The first kappa shape index (κ1) is 18.8. The van der Waals surface area contributed by atoms with E-state index >= 15 is 0 Å². The zero-order valence-corrected chi connectivity index (χ0v) is 15.4. The van der Waals surface area contributed by atoms with Gasteiger partial charge in [-0.15, -0.1) is 0 Å². The molecule has 0 amide bonds. The van der Waals surface area contributed by atoms with Gasteiger partial charge >= 0.3 is 0 Å². The van der Waals surface area contributed by atoms with Crippen LogP contribution >= 0.6 is 0 Å². The minimum atomic E-state index is -0.0490. The van der Waals surface area contributed by atoms with E-state index in [1.807, 2.05) is 79.7 Å². The topological polar surface area (TPSA) is 47.9 Å². The highest BCUT2D eigenvalue weighted by Crippen LogP contribution is 2.30. The summed E-state index contributed by atoms with van der Waals surface area (Å²) < 4.78 is 17.5. The Morgan fingerprint density at radius 2 is 1.37 bits per heavy atom. The summed E-state index contributed by atoms with van der Waals surface area (Å²) in [4.78, 5) is 0. The lowest BCUT2D eigenvalue weighted by Gasteiger charge is -2.14. The number of aliphatic hydroxyl groups is 1. The van der Waals surface area contributed by atoms with Gasteiger partial charge in [-0.2, -0.15) is 0 Å². The molecule has 3 aromatic rings. The Bertz CT molecular complexity index is 846. The number of ether oxygens (including phenoxy) is 3. The van der Waals surface area contributed by atoms with E-state index in [-0.39, 0.29) is 6.61 Å². The molecule has 0 atom stereocenters. The highest BCUT2D eigenvalue weighted by Gasteiger charge is 2.09. The van der Waals surface area contributed by atoms with Gasteiger partial charge in [-0.05, 0) is 36.2 Å². The van der Waals surface area contributed by atoms with Crippen LogP contribution in [0.3, 0.4) is 0 Å². The number of hydrogen-bond donors (Lipinski definition) is 1. The lowest BCUT2D eigenvalue weighted by Crippen LogP contribution is -2.02. The molecule has 3 aromatic carbocycles. The smallest absolute Gasteiger partial charge is 0.161 e. The second-order valence-electron chi connectivity index (χ2n) is 6.04. The zero-order chi connectivity index (χ0) is 18.9. The van der Waals surface area contributed by atoms with Gasteiger partial charge in [0.15, 0.2) is 11.5 Å². The second kappa shape index (κ2) is 9.64. The molecule has 0 fully saturated rings.